The van der Waals surface area contributed by atoms with Gasteiger partial charge < -0.3 is 14.6 Å². The SMILES string of the molecule is O=C(O)/C(=C\c1cccc(OCCOc2ccc(F)cc2)c1)c1ccccc1. The lowest BCUT2D eigenvalue weighted by Crippen LogP contribution is -2.09. The molecule has 4 nitrogen and oxygen atoms in total. The average Bonchev–Trinajstić information content (AvgIpc) is 2.71. The molecule has 0 unspecified atom stereocenters. The third kappa shape index (κ3) is 5.45. The first-order valence-corrected chi connectivity index (χ1v) is 8.73. The Kier molecular flexibility index (Phi) is 6.41. The van der Waals surface area contributed by atoms with Gasteiger partial charge >= 0.3 is 5.97 Å². The number of carbonyl (C=O) groups is 1. The monoisotopic (exact) mass is 378 g/mol. The van der Waals surface area contributed by atoms with Crippen LogP contribution in [-0.2, 0) is 4.79 Å². The van der Waals surface area contributed by atoms with Crippen LogP contribution < -0.4 is 9.47 Å². The Hall–Kier alpha value is -3.60. The fourth-order valence-corrected chi connectivity index (χ4v) is 2.60. The van der Waals surface area contributed by atoms with Gasteiger partial charge in [-0.15, -0.1) is 0 Å². The van der Waals surface area contributed by atoms with Crippen LogP contribution in [0.15, 0.2) is 78.9 Å². The van der Waals surface area contributed by atoms with Crippen molar-refractivity contribution in [2.45, 2.75) is 0 Å². The molecule has 0 amide bonds. The van der Waals surface area contributed by atoms with E-state index in [0.29, 0.717) is 30.3 Å². The normalized spacial score (nSPS) is 11.1. The lowest BCUT2D eigenvalue weighted by atomic mass is 10.0. The van der Waals surface area contributed by atoms with Crippen molar-refractivity contribution in [2.75, 3.05) is 13.2 Å². The van der Waals surface area contributed by atoms with Gasteiger partial charge in [0.25, 0.3) is 0 Å². The summed E-state index contributed by atoms with van der Waals surface area (Å²) >= 11 is 0. The van der Waals surface area contributed by atoms with Crippen LogP contribution in [0.25, 0.3) is 11.6 Å². The van der Waals surface area contributed by atoms with Gasteiger partial charge in [0.1, 0.15) is 30.5 Å². The van der Waals surface area contributed by atoms with Gasteiger partial charge in [0.15, 0.2) is 0 Å². The van der Waals surface area contributed by atoms with Gasteiger partial charge in [0, 0.05) is 0 Å². The minimum absolute atomic E-state index is 0.206. The van der Waals surface area contributed by atoms with Crippen LogP contribution in [0.1, 0.15) is 11.1 Å². The minimum atomic E-state index is -0.995. The maximum absolute atomic E-state index is 12.9. The maximum atomic E-state index is 12.9. The molecule has 3 aromatic rings. The summed E-state index contributed by atoms with van der Waals surface area (Å²) in [5, 5.41) is 9.52. The number of hydrogen-bond acceptors (Lipinski definition) is 3. The molecule has 5 heteroatoms. The lowest BCUT2D eigenvalue weighted by Gasteiger charge is -2.09. The first-order valence-electron chi connectivity index (χ1n) is 8.73. The number of ether oxygens (including phenoxy) is 2. The van der Waals surface area contributed by atoms with E-state index in [4.69, 9.17) is 9.47 Å². The lowest BCUT2D eigenvalue weighted by molar-refractivity contribution is -0.130. The zero-order chi connectivity index (χ0) is 19.8. The summed E-state index contributed by atoms with van der Waals surface area (Å²) in [6.07, 6.45) is 1.61. The van der Waals surface area contributed by atoms with E-state index >= 15 is 0 Å². The summed E-state index contributed by atoms with van der Waals surface area (Å²) in [7, 11) is 0. The van der Waals surface area contributed by atoms with Gasteiger partial charge in [-0.25, -0.2) is 9.18 Å². The van der Waals surface area contributed by atoms with Gasteiger partial charge in [-0.05, 0) is 53.6 Å². The fraction of sp³-hybridized carbons (Fsp3) is 0.0870. The molecular formula is C23H19FO4. The molecule has 0 saturated carbocycles. The van der Waals surface area contributed by atoms with Gasteiger partial charge in [-0.1, -0.05) is 42.5 Å². The van der Waals surface area contributed by atoms with E-state index in [9.17, 15) is 14.3 Å². The standard InChI is InChI=1S/C23H19FO4/c24-19-9-11-20(12-10-19)27-13-14-28-21-8-4-5-17(15-21)16-22(23(25)26)18-6-2-1-3-7-18/h1-12,15-16H,13-14H2,(H,25,26)/b22-16-. The van der Waals surface area contributed by atoms with Gasteiger partial charge in [-0.2, -0.15) is 0 Å². The molecular weight excluding hydrogens is 359 g/mol. The molecule has 0 aliphatic heterocycles. The van der Waals surface area contributed by atoms with Crippen molar-refractivity contribution in [1.29, 1.82) is 0 Å². The first-order chi connectivity index (χ1) is 13.6. The Balaban J connectivity index is 1.63. The molecule has 0 aliphatic carbocycles. The zero-order valence-corrected chi connectivity index (χ0v) is 15.0. The average molecular weight is 378 g/mol. The van der Waals surface area contributed by atoms with E-state index in [2.05, 4.69) is 0 Å². The molecule has 0 bridgehead atoms. The summed E-state index contributed by atoms with van der Waals surface area (Å²) in [4.78, 5) is 11.6. The number of aliphatic carboxylic acids is 1. The van der Waals surface area contributed by atoms with Crippen molar-refractivity contribution in [3.8, 4) is 11.5 Å². The third-order valence-electron chi connectivity index (χ3n) is 3.92. The van der Waals surface area contributed by atoms with E-state index in [1.54, 1.807) is 60.7 Å². The third-order valence-corrected chi connectivity index (χ3v) is 3.92. The first kappa shape index (κ1) is 19.2. The van der Waals surface area contributed by atoms with Crippen LogP contribution >= 0.6 is 0 Å². The molecule has 142 valence electrons. The molecule has 1 N–H and O–H groups in total. The van der Waals surface area contributed by atoms with E-state index in [0.717, 1.165) is 5.56 Å². The molecule has 0 aliphatic rings. The highest BCUT2D eigenvalue weighted by atomic mass is 19.1. The maximum Gasteiger partial charge on any atom is 0.336 e. The van der Waals surface area contributed by atoms with Crippen LogP contribution in [0.2, 0.25) is 0 Å². The van der Waals surface area contributed by atoms with Crippen molar-refractivity contribution < 1.29 is 23.8 Å². The van der Waals surface area contributed by atoms with Crippen molar-refractivity contribution in [2.24, 2.45) is 0 Å². The number of hydrogen-bond donors (Lipinski definition) is 1. The van der Waals surface area contributed by atoms with Gasteiger partial charge in [0.2, 0.25) is 0 Å². The minimum Gasteiger partial charge on any atom is -0.490 e. The number of carboxylic acids is 1. The highest BCUT2D eigenvalue weighted by Crippen LogP contribution is 2.21. The second-order valence-electron chi connectivity index (χ2n) is 5.95. The van der Waals surface area contributed by atoms with Crippen molar-refractivity contribution in [3.63, 3.8) is 0 Å². The molecule has 0 aromatic heterocycles. The highest BCUT2D eigenvalue weighted by molar-refractivity contribution is 6.20. The summed E-state index contributed by atoms with van der Waals surface area (Å²) in [6, 6.07) is 21.9. The van der Waals surface area contributed by atoms with Crippen LogP contribution in [0.4, 0.5) is 4.39 Å². The molecule has 0 heterocycles. The largest absolute Gasteiger partial charge is 0.490 e. The Labute approximate surface area is 162 Å². The second-order valence-corrected chi connectivity index (χ2v) is 5.95. The van der Waals surface area contributed by atoms with Gasteiger partial charge in [0.05, 0.1) is 5.57 Å². The molecule has 0 fully saturated rings. The number of rotatable bonds is 8. The second kappa shape index (κ2) is 9.37. The predicted molar refractivity (Wildman–Crippen MR) is 106 cm³/mol. The summed E-state index contributed by atoms with van der Waals surface area (Å²) in [5.74, 6) is -0.139. The van der Waals surface area contributed by atoms with E-state index in [-0.39, 0.29) is 11.4 Å². The summed E-state index contributed by atoms with van der Waals surface area (Å²) in [6.45, 7) is 0.602. The number of halogens is 1. The zero-order valence-electron chi connectivity index (χ0n) is 15.0. The van der Waals surface area contributed by atoms with E-state index in [1.807, 2.05) is 12.1 Å². The Morgan fingerprint density at radius 2 is 1.54 bits per heavy atom. The molecule has 0 saturated heterocycles. The van der Waals surface area contributed by atoms with E-state index in [1.165, 1.54) is 12.1 Å². The predicted octanol–water partition coefficient (Wildman–Crippen LogP) is 4.91. The van der Waals surface area contributed by atoms with Crippen molar-refractivity contribution in [3.05, 3.63) is 95.8 Å². The summed E-state index contributed by atoms with van der Waals surface area (Å²) < 4.78 is 24.0. The van der Waals surface area contributed by atoms with Crippen LogP contribution in [0.5, 0.6) is 11.5 Å². The Morgan fingerprint density at radius 3 is 2.21 bits per heavy atom. The van der Waals surface area contributed by atoms with E-state index < -0.39 is 5.97 Å². The molecule has 0 spiro atoms. The Morgan fingerprint density at radius 1 is 0.857 bits per heavy atom. The molecule has 3 rings (SSSR count). The summed E-state index contributed by atoms with van der Waals surface area (Å²) in [5.41, 5.74) is 1.56. The van der Waals surface area contributed by atoms with Crippen LogP contribution in [0, 0.1) is 5.82 Å². The smallest absolute Gasteiger partial charge is 0.336 e. The number of benzene rings is 3. The quantitative estimate of drug-likeness (QED) is 0.344. The molecule has 0 radical (unpaired) electrons. The highest BCUT2D eigenvalue weighted by Gasteiger charge is 2.10. The molecule has 0 atom stereocenters. The van der Waals surface area contributed by atoms with Crippen molar-refractivity contribution in [1.82, 2.24) is 0 Å². The van der Waals surface area contributed by atoms with Crippen LogP contribution in [0.3, 0.4) is 0 Å². The Bertz CT molecular complexity index is 950. The van der Waals surface area contributed by atoms with Crippen molar-refractivity contribution >= 4 is 17.6 Å². The van der Waals surface area contributed by atoms with Crippen LogP contribution in [-0.4, -0.2) is 24.3 Å². The fourth-order valence-electron chi connectivity index (χ4n) is 2.60. The molecule has 3 aromatic carbocycles. The molecule has 28 heavy (non-hydrogen) atoms. The number of carboxylic acid groups (broad SMARTS) is 1. The topological polar surface area (TPSA) is 55.8 Å². The van der Waals surface area contributed by atoms with Gasteiger partial charge in [-0.3, -0.25) is 0 Å².